The highest BCUT2D eigenvalue weighted by Crippen LogP contribution is 2.47. The van der Waals surface area contributed by atoms with Gasteiger partial charge in [0.25, 0.3) is 0 Å². The normalized spacial score (nSPS) is 23.0. The van der Waals surface area contributed by atoms with Gasteiger partial charge in [-0.25, -0.2) is 4.57 Å². The summed E-state index contributed by atoms with van der Waals surface area (Å²) in [6, 6.07) is 0. The maximum Gasteiger partial charge on any atom is 0.472 e. The fourth-order valence-electron chi connectivity index (χ4n) is 6.69. The summed E-state index contributed by atoms with van der Waals surface area (Å²) >= 11 is 0. The largest absolute Gasteiger partial charge is 0.498 e. The van der Waals surface area contributed by atoms with Gasteiger partial charge < -0.3 is 39.9 Å². The molecule has 1 fully saturated rings. The van der Waals surface area contributed by atoms with Crippen LogP contribution in [0.3, 0.4) is 0 Å². The predicted molar refractivity (Wildman–Crippen MR) is 230 cm³/mol. The van der Waals surface area contributed by atoms with E-state index >= 15 is 0 Å². The van der Waals surface area contributed by atoms with Crippen LogP contribution in [0, 0.1) is 0 Å². The lowest BCUT2D eigenvalue weighted by molar-refractivity contribution is -0.220. The van der Waals surface area contributed by atoms with Gasteiger partial charge >= 0.3 is 13.8 Å². The van der Waals surface area contributed by atoms with E-state index < -0.39 is 63.1 Å². The van der Waals surface area contributed by atoms with Crippen molar-refractivity contribution in [3.8, 4) is 0 Å². The molecule has 0 aromatic heterocycles. The van der Waals surface area contributed by atoms with Crippen LogP contribution in [-0.4, -0.2) is 92.3 Å². The number of aliphatic hydroxyl groups is 5. The predicted octanol–water partition coefficient (Wildman–Crippen LogP) is 9.21. The summed E-state index contributed by atoms with van der Waals surface area (Å²) in [7, 11) is -5.04. The maximum absolute atomic E-state index is 12.8. The molecule has 1 aliphatic rings. The minimum Gasteiger partial charge on any atom is -0.498 e. The molecule has 0 bridgehead atoms. The fraction of sp³-hybridized carbons (Fsp3) is 0.800. The Balaban J connectivity index is 2.45. The molecule has 0 heterocycles. The van der Waals surface area contributed by atoms with E-state index in [0.717, 1.165) is 70.6 Å². The first-order chi connectivity index (χ1) is 28.0. The molecule has 0 radical (unpaired) electrons. The van der Waals surface area contributed by atoms with E-state index in [2.05, 4.69) is 50.3 Å². The zero-order valence-electron chi connectivity index (χ0n) is 35.8. The number of hydrogen-bond acceptors (Lipinski definition) is 11. The number of rotatable bonds is 37. The van der Waals surface area contributed by atoms with Gasteiger partial charge in [0.15, 0.2) is 6.10 Å². The Bertz CT molecular complexity index is 1140. The molecule has 0 aromatic carbocycles. The van der Waals surface area contributed by atoms with Gasteiger partial charge in [-0.05, 0) is 57.4 Å². The van der Waals surface area contributed by atoms with Gasteiger partial charge in [0.05, 0.1) is 12.9 Å². The lowest BCUT2D eigenvalue weighted by Gasteiger charge is -2.41. The monoisotopic (exact) mass is 845 g/mol. The molecule has 0 amide bonds. The highest BCUT2D eigenvalue weighted by atomic mass is 31.2. The maximum atomic E-state index is 12.8. The summed E-state index contributed by atoms with van der Waals surface area (Å²) in [5.41, 5.74) is 0. The third-order valence-corrected chi connectivity index (χ3v) is 11.3. The summed E-state index contributed by atoms with van der Waals surface area (Å²) in [6.07, 6.45) is 31.2. The molecule has 0 aliphatic heterocycles. The molecule has 6 unspecified atom stereocenters. The van der Waals surface area contributed by atoms with Crippen LogP contribution in [0.25, 0.3) is 0 Å². The van der Waals surface area contributed by atoms with E-state index in [1.165, 1.54) is 83.3 Å². The number of ether oxygens (including phenoxy) is 2. The summed E-state index contributed by atoms with van der Waals surface area (Å²) in [5, 5.41) is 50.1. The quantitative estimate of drug-likeness (QED) is 0.0114. The van der Waals surface area contributed by atoms with Gasteiger partial charge in [-0.1, -0.05) is 153 Å². The number of esters is 1. The van der Waals surface area contributed by atoms with Crippen LogP contribution in [0.15, 0.2) is 48.8 Å². The summed E-state index contributed by atoms with van der Waals surface area (Å²) in [4.78, 5) is 23.1. The summed E-state index contributed by atoms with van der Waals surface area (Å²) in [6.45, 7) is 3.59. The van der Waals surface area contributed by atoms with Gasteiger partial charge in [0.2, 0.25) is 0 Å². The van der Waals surface area contributed by atoms with E-state index in [1.807, 2.05) is 6.08 Å². The Kier molecular flexibility index (Phi) is 33.5. The van der Waals surface area contributed by atoms with Crippen molar-refractivity contribution in [2.45, 2.75) is 217 Å². The second kappa shape index (κ2) is 35.9. The third-order valence-electron chi connectivity index (χ3n) is 10.3. The summed E-state index contributed by atoms with van der Waals surface area (Å²) in [5.74, 6) is -0.517. The average molecular weight is 845 g/mol. The van der Waals surface area contributed by atoms with Crippen LogP contribution in [0.4, 0.5) is 0 Å². The molecule has 1 saturated carbocycles. The van der Waals surface area contributed by atoms with Crippen molar-refractivity contribution in [1.29, 1.82) is 0 Å². The minimum atomic E-state index is -5.04. The van der Waals surface area contributed by atoms with Crippen molar-refractivity contribution < 1.29 is 58.3 Å². The smallest absolute Gasteiger partial charge is 0.472 e. The number of allylic oxidation sites excluding steroid dienone is 7. The molecule has 12 nitrogen and oxygen atoms in total. The Morgan fingerprint density at radius 2 is 1.02 bits per heavy atom. The van der Waals surface area contributed by atoms with Crippen LogP contribution >= 0.6 is 7.82 Å². The second-order valence-corrected chi connectivity index (χ2v) is 17.0. The van der Waals surface area contributed by atoms with E-state index in [-0.39, 0.29) is 13.0 Å². The van der Waals surface area contributed by atoms with Crippen molar-refractivity contribution in [3.05, 3.63) is 48.8 Å². The Morgan fingerprint density at radius 3 is 1.55 bits per heavy atom. The van der Waals surface area contributed by atoms with E-state index in [0.29, 0.717) is 6.42 Å². The van der Waals surface area contributed by atoms with E-state index in [4.69, 9.17) is 18.5 Å². The molecule has 0 saturated heterocycles. The molecule has 1 aliphatic carbocycles. The molecule has 6 N–H and O–H groups in total. The molecule has 13 heteroatoms. The minimum absolute atomic E-state index is 0.150. The second-order valence-electron chi connectivity index (χ2n) is 15.6. The number of carbonyl (C=O) groups is 1. The Labute approximate surface area is 350 Å². The lowest BCUT2D eigenvalue weighted by Crippen LogP contribution is -2.64. The zero-order chi connectivity index (χ0) is 42.7. The van der Waals surface area contributed by atoms with Gasteiger partial charge in [0.1, 0.15) is 43.2 Å². The summed E-state index contributed by atoms with van der Waals surface area (Å²) < 4.78 is 33.9. The molecule has 0 spiro atoms. The first kappa shape index (κ1) is 54.2. The molecule has 338 valence electrons. The van der Waals surface area contributed by atoms with Crippen molar-refractivity contribution in [2.24, 2.45) is 0 Å². The fourth-order valence-corrected chi connectivity index (χ4v) is 7.66. The number of phosphoric acid groups is 1. The van der Waals surface area contributed by atoms with Crippen LogP contribution in [0.5, 0.6) is 0 Å². The van der Waals surface area contributed by atoms with Crippen molar-refractivity contribution >= 4 is 13.8 Å². The van der Waals surface area contributed by atoms with E-state index in [1.54, 1.807) is 0 Å². The number of carbonyl (C=O) groups excluding carboxylic acids is 1. The topological polar surface area (TPSA) is 192 Å². The van der Waals surface area contributed by atoms with E-state index in [9.17, 15) is 39.8 Å². The van der Waals surface area contributed by atoms with Gasteiger partial charge in [-0.2, -0.15) is 0 Å². The van der Waals surface area contributed by atoms with Crippen molar-refractivity contribution in [1.82, 2.24) is 0 Å². The molecular formula is C45H81O12P. The number of unbranched alkanes of at least 4 members (excludes halogenated alkanes) is 19. The Morgan fingerprint density at radius 1 is 0.569 bits per heavy atom. The number of aliphatic hydroxyl groups excluding tert-OH is 5. The SMILES string of the molecule is CC/C=C\C/C=C\C/C=C\CCCCCCCC(=O)O[C@H](CO/C=C\CCCCCCCCCCCCCCCC)COP(=O)(O)OC1C(O)C(O)C(O)[C@@H](O)C1O. The molecule has 0 aromatic rings. The van der Waals surface area contributed by atoms with Crippen molar-refractivity contribution in [3.63, 3.8) is 0 Å². The van der Waals surface area contributed by atoms with Gasteiger partial charge in [-0.3, -0.25) is 13.8 Å². The molecule has 58 heavy (non-hydrogen) atoms. The average Bonchev–Trinajstić information content (AvgIpc) is 3.21. The van der Waals surface area contributed by atoms with Gasteiger partial charge in [-0.15, -0.1) is 0 Å². The van der Waals surface area contributed by atoms with Crippen molar-refractivity contribution in [2.75, 3.05) is 13.2 Å². The van der Waals surface area contributed by atoms with Gasteiger partial charge in [0, 0.05) is 6.42 Å². The van der Waals surface area contributed by atoms with Crippen LogP contribution in [0.2, 0.25) is 0 Å². The number of phosphoric ester groups is 1. The zero-order valence-corrected chi connectivity index (χ0v) is 36.7. The standard InChI is InChI=1S/C45H81O12P/c1-3-5-7-9-11-13-15-17-19-21-23-25-27-29-31-33-35-54-36-38(37-55-58(52,53)57-45-43(50)41(48)40(47)42(49)44(45)51)56-39(46)34-32-30-28-26-24-22-20-18-16-14-12-10-8-6-4-2/h6,8,12,14,18,20,33,35,38,40-45,47-51H,3-5,7,9-11,13,15-17,19,21-32,34,36-37H2,1-2H3,(H,52,53)/b8-6-,14-12-,20-18-,35-33-/t38-,40?,41-,42?,43?,44?,45?/m1/s1. The Hall–Kier alpha value is -1.86. The first-order valence-corrected chi connectivity index (χ1v) is 24.0. The molecular weight excluding hydrogens is 763 g/mol. The van der Waals surface area contributed by atoms with Crippen LogP contribution < -0.4 is 0 Å². The number of hydrogen-bond donors (Lipinski definition) is 6. The highest BCUT2D eigenvalue weighted by Gasteiger charge is 2.51. The van der Waals surface area contributed by atoms with Crippen LogP contribution in [0.1, 0.15) is 174 Å². The van der Waals surface area contributed by atoms with Crippen LogP contribution in [-0.2, 0) is 27.9 Å². The highest BCUT2D eigenvalue weighted by molar-refractivity contribution is 7.47. The first-order valence-electron chi connectivity index (χ1n) is 22.5. The molecule has 1 rings (SSSR count). The third kappa shape index (κ3) is 27.8. The lowest BCUT2D eigenvalue weighted by atomic mass is 9.85. The molecule has 8 atom stereocenters.